The molecule has 2 N–H and O–H groups in total. The summed E-state index contributed by atoms with van der Waals surface area (Å²) in [6.45, 7) is 3.34. The van der Waals surface area contributed by atoms with Gasteiger partial charge in [-0.2, -0.15) is 0 Å². The average molecular weight is 423 g/mol. The molecule has 0 atom stereocenters. The van der Waals surface area contributed by atoms with E-state index < -0.39 is 0 Å². The van der Waals surface area contributed by atoms with E-state index in [1.165, 1.54) is 11.3 Å². The second-order valence-corrected chi connectivity index (χ2v) is 7.51. The summed E-state index contributed by atoms with van der Waals surface area (Å²) in [5, 5.41) is 2.37. The maximum absolute atomic E-state index is 11.6. The van der Waals surface area contributed by atoms with E-state index in [9.17, 15) is 4.79 Å². The van der Waals surface area contributed by atoms with Gasteiger partial charge in [-0.3, -0.25) is 4.79 Å². The smallest absolute Gasteiger partial charge is 0.219 e. The van der Waals surface area contributed by atoms with Crippen molar-refractivity contribution in [2.45, 2.75) is 25.8 Å². The molecule has 5 heteroatoms. The fourth-order valence-corrected chi connectivity index (χ4v) is 3.92. The topological polar surface area (TPSA) is 46.2 Å². The largest absolute Gasteiger partial charge is 1.00 e. The number of ether oxygens (including phenoxy) is 1. The lowest BCUT2D eigenvalue weighted by atomic mass is 10.00. The first kappa shape index (κ1) is 21.9. The molecule has 0 saturated carbocycles. The molecule has 0 unspecified atom stereocenters. The first-order valence-corrected chi connectivity index (χ1v) is 10.2. The first-order chi connectivity index (χ1) is 14.2. The summed E-state index contributed by atoms with van der Waals surface area (Å²) in [6, 6.07) is 27.0. The van der Waals surface area contributed by atoms with Crippen molar-refractivity contribution in [3.05, 3.63) is 78.9 Å². The van der Waals surface area contributed by atoms with E-state index in [2.05, 4.69) is 41.7 Å². The van der Waals surface area contributed by atoms with Gasteiger partial charge in [-0.15, -0.1) is 0 Å². The van der Waals surface area contributed by atoms with Crippen molar-refractivity contribution in [1.29, 1.82) is 0 Å². The molecule has 3 aromatic carbocycles. The highest BCUT2D eigenvalue weighted by Gasteiger charge is 2.24. The predicted molar refractivity (Wildman–Crippen MR) is 115 cm³/mol. The van der Waals surface area contributed by atoms with E-state index >= 15 is 0 Å². The summed E-state index contributed by atoms with van der Waals surface area (Å²) in [7, 11) is 0. The molecule has 0 spiro atoms. The van der Waals surface area contributed by atoms with E-state index in [4.69, 9.17) is 4.74 Å². The number of nitrogens with zero attached hydrogens (tertiary/aromatic N) is 1. The number of carbonyl (C=O) groups is 1. The normalized spacial score (nSPS) is 14.1. The summed E-state index contributed by atoms with van der Waals surface area (Å²) in [5.74, 6) is 1.86. The lowest BCUT2D eigenvalue weighted by molar-refractivity contribution is -0.613. The minimum atomic E-state index is 0. The fourth-order valence-electron chi connectivity index (χ4n) is 3.92. The number of halogens is 1. The van der Waals surface area contributed by atoms with Crippen molar-refractivity contribution in [2.24, 2.45) is 0 Å². The number of likely N-dealkylation sites (tertiary alicyclic amines) is 1. The maximum Gasteiger partial charge on any atom is 0.219 e. The lowest BCUT2D eigenvalue weighted by Gasteiger charge is -2.30. The molecule has 1 aliphatic heterocycles. The van der Waals surface area contributed by atoms with E-state index in [0.29, 0.717) is 6.04 Å². The van der Waals surface area contributed by atoms with Gasteiger partial charge in [-0.25, -0.2) is 0 Å². The minimum Gasteiger partial charge on any atom is -1.00 e. The molecule has 1 saturated heterocycles. The average Bonchev–Trinajstić information content (AvgIpc) is 2.76. The highest BCUT2D eigenvalue weighted by molar-refractivity contribution is 5.78. The number of amides is 1. The number of benzene rings is 3. The van der Waals surface area contributed by atoms with Gasteiger partial charge >= 0.3 is 0 Å². The monoisotopic (exact) mass is 422 g/mol. The van der Waals surface area contributed by atoms with Crippen molar-refractivity contribution >= 4 is 11.6 Å². The van der Waals surface area contributed by atoms with Crippen LogP contribution in [-0.4, -0.2) is 29.9 Å². The van der Waals surface area contributed by atoms with Crippen LogP contribution in [0.4, 0.5) is 5.69 Å². The highest BCUT2D eigenvalue weighted by Crippen LogP contribution is 2.35. The molecule has 30 heavy (non-hydrogen) atoms. The Kier molecular flexibility index (Phi) is 7.50. The van der Waals surface area contributed by atoms with Crippen molar-refractivity contribution < 1.29 is 27.3 Å². The Balaban J connectivity index is 0.00000256. The molecule has 0 radical (unpaired) electrons. The van der Waals surface area contributed by atoms with E-state index in [0.717, 1.165) is 43.0 Å². The third-order valence-corrected chi connectivity index (χ3v) is 5.51. The Labute approximate surface area is 184 Å². The molecule has 4 nitrogen and oxygen atoms in total. The third-order valence-electron chi connectivity index (χ3n) is 5.51. The number of piperidine rings is 1. The molecule has 0 aromatic heterocycles. The van der Waals surface area contributed by atoms with Crippen molar-refractivity contribution in [3.63, 3.8) is 0 Å². The molecule has 3 aromatic rings. The quantitative estimate of drug-likeness (QED) is 0.631. The van der Waals surface area contributed by atoms with Crippen LogP contribution >= 0.6 is 0 Å². The predicted octanol–water partition coefficient (Wildman–Crippen LogP) is 1.36. The molecule has 1 amide bonds. The van der Waals surface area contributed by atoms with Crippen LogP contribution in [-0.2, 0) is 4.79 Å². The Bertz CT molecular complexity index is 970. The van der Waals surface area contributed by atoms with Gasteiger partial charge in [0, 0.05) is 44.0 Å². The van der Waals surface area contributed by atoms with Gasteiger partial charge in [0.1, 0.15) is 17.2 Å². The maximum atomic E-state index is 11.6. The van der Waals surface area contributed by atoms with Gasteiger partial charge in [-0.1, -0.05) is 48.5 Å². The van der Waals surface area contributed by atoms with Crippen LogP contribution in [0.15, 0.2) is 78.9 Å². The zero-order valence-electron chi connectivity index (χ0n) is 17.1. The Hall–Kier alpha value is -2.82. The van der Waals surface area contributed by atoms with E-state index in [1.807, 2.05) is 47.4 Å². The number of hydrogen-bond donors (Lipinski definition) is 1. The van der Waals surface area contributed by atoms with Gasteiger partial charge in [0.05, 0.1) is 6.04 Å². The van der Waals surface area contributed by atoms with Crippen LogP contribution < -0.4 is 22.5 Å². The number of para-hydroxylation sites is 3. The Morgan fingerprint density at radius 1 is 0.867 bits per heavy atom. The Morgan fingerprint density at radius 2 is 1.47 bits per heavy atom. The standard InChI is InChI=1S/C25H26N2O2.ClH/c1-19(28)27-17-15-20(16-18-27)26-24-13-7-5-11-22(24)23-12-6-8-14-25(23)29-21-9-3-2-4-10-21;/h2-14,20,26H,15-18H2,1H3;1H. The van der Waals surface area contributed by atoms with Gasteiger partial charge in [-0.05, 0) is 30.3 Å². The molecule has 4 rings (SSSR count). The van der Waals surface area contributed by atoms with Crippen LogP contribution in [0.1, 0.15) is 19.8 Å². The molecule has 1 fully saturated rings. The van der Waals surface area contributed by atoms with E-state index in [-0.39, 0.29) is 18.3 Å². The van der Waals surface area contributed by atoms with Crippen LogP contribution in [0.25, 0.3) is 11.1 Å². The van der Waals surface area contributed by atoms with Crippen molar-refractivity contribution in [2.75, 3.05) is 13.1 Å². The molecule has 0 aliphatic carbocycles. The number of quaternary nitrogens is 1. The summed E-state index contributed by atoms with van der Waals surface area (Å²) in [4.78, 5) is 13.5. The zero-order chi connectivity index (χ0) is 20.1. The van der Waals surface area contributed by atoms with Crippen LogP contribution in [0.2, 0.25) is 0 Å². The van der Waals surface area contributed by atoms with Crippen LogP contribution in [0, 0.1) is 0 Å². The molecule has 1 aliphatic rings. The summed E-state index contributed by atoms with van der Waals surface area (Å²) >= 11 is 0. The molecule has 0 bridgehead atoms. The Morgan fingerprint density at radius 3 is 2.17 bits per heavy atom. The van der Waals surface area contributed by atoms with Gasteiger partial charge < -0.3 is 27.4 Å². The first-order valence-electron chi connectivity index (χ1n) is 10.2. The number of hydrogen-bond acceptors (Lipinski definition) is 2. The van der Waals surface area contributed by atoms with Crippen LogP contribution in [0.3, 0.4) is 0 Å². The SMILES string of the molecule is CC(=O)N1CCC([NH2+]c2ccccc2-c2ccccc2Oc2ccccc2)CC1.[Cl-]. The summed E-state index contributed by atoms with van der Waals surface area (Å²) in [5.41, 5.74) is 3.48. The highest BCUT2D eigenvalue weighted by atomic mass is 35.5. The molecule has 1 heterocycles. The molecular weight excluding hydrogens is 396 g/mol. The van der Waals surface area contributed by atoms with Gasteiger partial charge in [0.2, 0.25) is 5.91 Å². The lowest BCUT2D eigenvalue weighted by Crippen LogP contribution is -3.00. The minimum absolute atomic E-state index is 0. The van der Waals surface area contributed by atoms with Crippen molar-refractivity contribution in [1.82, 2.24) is 4.90 Å². The summed E-state index contributed by atoms with van der Waals surface area (Å²) in [6.07, 6.45) is 2.02. The van der Waals surface area contributed by atoms with Gasteiger partial charge in [0.15, 0.2) is 0 Å². The van der Waals surface area contributed by atoms with Crippen LogP contribution in [0.5, 0.6) is 11.5 Å². The van der Waals surface area contributed by atoms with E-state index in [1.54, 1.807) is 6.92 Å². The number of carbonyl (C=O) groups excluding carboxylic acids is 1. The third kappa shape index (κ3) is 5.21. The second kappa shape index (κ2) is 10.3. The van der Waals surface area contributed by atoms with Crippen molar-refractivity contribution in [3.8, 4) is 22.6 Å². The summed E-state index contributed by atoms with van der Waals surface area (Å²) < 4.78 is 6.19. The molecule has 156 valence electrons. The second-order valence-electron chi connectivity index (χ2n) is 7.51. The number of rotatable bonds is 5. The zero-order valence-corrected chi connectivity index (χ0v) is 17.9. The van der Waals surface area contributed by atoms with Gasteiger partial charge in [0.25, 0.3) is 0 Å². The molecular formula is C25H27ClN2O2. The fraction of sp³-hybridized carbons (Fsp3) is 0.240. The number of nitrogens with two attached hydrogens (primary N) is 1.